The second-order valence-corrected chi connectivity index (χ2v) is 6.04. The predicted molar refractivity (Wildman–Crippen MR) is 80.8 cm³/mol. The SMILES string of the molecule is C[C@@]1(O)[C@H](O)[C@@H](CO)O[C@H]1c1cc(C(O)CO)c2c(N)ncnn12. The number of fused-ring (bicyclic) bond motifs is 1. The first-order valence-corrected chi connectivity index (χ1v) is 7.40. The average molecular weight is 340 g/mol. The molecule has 10 heteroatoms. The minimum Gasteiger partial charge on any atom is -0.394 e. The van der Waals surface area contributed by atoms with E-state index in [4.69, 9.17) is 10.5 Å². The highest BCUT2D eigenvalue weighted by atomic mass is 16.6. The molecule has 10 nitrogen and oxygen atoms in total. The van der Waals surface area contributed by atoms with Gasteiger partial charge in [-0.25, -0.2) is 9.50 Å². The van der Waals surface area contributed by atoms with Crippen molar-refractivity contribution in [1.82, 2.24) is 14.6 Å². The summed E-state index contributed by atoms with van der Waals surface area (Å²) in [5, 5.41) is 53.4. The normalized spacial score (nSPS) is 31.7. The van der Waals surface area contributed by atoms with Crippen LogP contribution < -0.4 is 5.73 Å². The van der Waals surface area contributed by atoms with Gasteiger partial charge in [0.2, 0.25) is 0 Å². The molecule has 5 atom stereocenters. The molecule has 0 spiro atoms. The number of aliphatic hydroxyl groups excluding tert-OH is 4. The molecular weight excluding hydrogens is 320 g/mol. The minimum absolute atomic E-state index is 0.0793. The third kappa shape index (κ3) is 2.35. The summed E-state index contributed by atoms with van der Waals surface area (Å²) in [5.74, 6) is 0.0793. The van der Waals surface area contributed by atoms with Crippen molar-refractivity contribution in [2.75, 3.05) is 18.9 Å². The van der Waals surface area contributed by atoms with E-state index in [1.807, 2.05) is 0 Å². The van der Waals surface area contributed by atoms with Gasteiger partial charge in [-0.2, -0.15) is 5.10 Å². The van der Waals surface area contributed by atoms with Gasteiger partial charge in [0.15, 0.2) is 5.82 Å². The predicted octanol–water partition coefficient (Wildman–Crippen LogP) is -2.12. The molecule has 1 aliphatic rings. The molecule has 0 saturated carbocycles. The van der Waals surface area contributed by atoms with E-state index in [0.717, 1.165) is 0 Å². The summed E-state index contributed by atoms with van der Waals surface area (Å²) in [7, 11) is 0. The fraction of sp³-hybridized carbons (Fsp3) is 0.571. The Balaban J connectivity index is 2.19. The number of aromatic nitrogens is 3. The number of hydrogen-bond acceptors (Lipinski definition) is 9. The molecule has 1 saturated heterocycles. The standard InChI is InChI=1S/C14H20N4O6/c1-14(23)11(22)9(4-20)24-12(14)7-2-6(8(21)3-19)10-13(15)16-5-17-18(7)10/h2,5,8-9,11-12,19-23H,3-4H2,1H3,(H2,15,16,17)/t8?,9-,11-,12+,14-/m1/s1. The summed E-state index contributed by atoms with van der Waals surface area (Å²) in [6, 6.07) is 1.48. The number of nitrogen functional groups attached to an aromatic ring is 1. The Morgan fingerprint density at radius 2 is 2.17 bits per heavy atom. The molecule has 0 radical (unpaired) electrons. The van der Waals surface area contributed by atoms with Crippen LogP contribution in [0.1, 0.15) is 30.4 Å². The molecule has 2 aromatic heterocycles. The maximum atomic E-state index is 10.6. The molecule has 3 heterocycles. The van der Waals surface area contributed by atoms with Gasteiger partial charge >= 0.3 is 0 Å². The van der Waals surface area contributed by atoms with E-state index in [9.17, 15) is 25.5 Å². The lowest BCUT2D eigenvalue weighted by Crippen LogP contribution is -2.43. The van der Waals surface area contributed by atoms with Gasteiger partial charge < -0.3 is 36.0 Å². The van der Waals surface area contributed by atoms with Gasteiger partial charge in [0.25, 0.3) is 0 Å². The number of aliphatic hydroxyl groups is 5. The first-order chi connectivity index (χ1) is 11.3. The maximum absolute atomic E-state index is 10.6. The zero-order chi connectivity index (χ0) is 17.6. The summed E-state index contributed by atoms with van der Waals surface area (Å²) in [4.78, 5) is 3.87. The van der Waals surface area contributed by atoms with Gasteiger partial charge in [-0.15, -0.1) is 0 Å². The number of hydrogen-bond donors (Lipinski definition) is 6. The van der Waals surface area contributed by atoms with Gasteiger partial charge in [-0.3, -0.25) is 0 Å². The van der Waals surface area contributed by atoms with Crippen LogP contribution in [0.2, 0.25) is 0 Å². The lowest BCUT2D eigenvalue weighted by atomic mass is 9.91. The van der Waals surface area contributed by atoms with Crippen LogP contribution in [0.15, 0.2) is 12.4 Å². The largest absolute Gasteiger partial charge is 0.394 e. The summed E-state index contributed by atoms with van der Waals surface area (Å²) in [6.07, 6.45) is -3.35. The third-order valence-electron chi connectivity index (χ3n) is 4.41. The average Bonchev–Trinajstić information content (AvgIpc) is 3.04. The van der Waals surface area contributed by atoms with Crippen molar-refractivity contribution in [3.63, 3.8) is 0 Å². The molecular formula is C14H20N4O6. The van der Waals surface area contributed by atoms with E-state index in [1.54, 1.807) is 0 Å². The molecule has 7 N–H and O–H groups in total. The van der Waals surface area contributed by atoms with Crippen LogP contribution in [0.4, 0.5) is 5.82 Å². The molecule has 0 aromatic carbocycles. The summed E-state index contributed by atoms with van der Waals surface area (Å²) >= 11 is 0. The number of ether oxygens (including phenoxy) is 1. The second kappa shape index (κ2) is 5.92. The lowest BCUT2D eigenvalue weighted by Gasteiger charge is -2.26. The molecule has 0 bridgehead atoms. The van der Waals surface area contributed by atoms with Crippen molar-refractivity contribution >= 4 is 11.3 Å². The Bertz CT molecular complexity index is 748. The van der Waals surface area contributed by atoms with Crippen molar-refractivity contribution in [2.45, 2.75) is 36.9 Å². The molecule has 1 fully saturated rings. The van der Waals surface area contributed by atoms with Gasteiger partial charge in [0, 0.05) is 5.56 Å². The fourth-order valence-electron chi connectivity index (χ4n) is 3.09. The van der Waals surface area contributed by atoms with Gasteiger partial charge in [-0.05, 0) is 13.0 Å². The van der Waals surface area contributed by atoms with E-state index in [0.29, 0.717) is 5.69 Å². The van der Waals surface area contributed by atoms with Gasteiger partial charge in [0.1, 0.15) is 41.9 Å². The van der Waals surface area contributed by atoms with Crippen molar-refractivity contribution in [1.29, 1.82) is 0 Å². The fourth-order valence-corrected chi connectivity index (χ4v) is 3.09. The Morgan fingerprint density at radius 3 is 2.75 bits per heavy atom. The first kappa shape index (κ1) is 17.0. The zero-order valence-corrected chi connectivity index (χ0v) is 12.9. The Morgan fingerprint density at radius 1 is 1.46 bits per heavy atom. The number of nitrogens with two attached hydrogens (primary N) is 1. The van der Waals surface area contributed by atoms with Crippen LogP contribution in [0.3, 0.4) is 0 Å². The van der Waals surface area contributed by atoms with Crippen molar-refractivity contribution < 1.29 is 30.3 Å². The summed E-state index contributed by atoms with van der Waals surface area (Å²) < 4.78 is 6.92. The lowest BCUT2D eigenvalue weighted by molar-refractivity contribution is -0.0664. The van der Waals surface area contributed by atoms with Crippen LogP contribution >= 0.6 is 0 Å². The third-order valence-corrected chi connectivity index (χ3v) is 4.41. The molecule has 2 aromatic rings. The van der Waals surface area contributed by atoms with Crippen molar-refractivity contribution in [3.05, 3.63) is 23.7 Å². The number of rotatable bonds is 4. The van der Waals surface area contributed by atoms with E-state index < -0.39 is 43.2 Å². The Labute approximate surface area is 136 Å². The molecule has 24 heavy (non-hydrogen) atoms. The van der Waals surface area contributed by atoms with Gasteiger partial charge in [0.05, 0.1) is 18.9 Å². The van der Waals surface area contributed by atoms with Crippen molar-refractivity contribution in [2.24, 2.45) is 0 Å². The van der Waals surface area contributed by atoms with Gasteiger partial charge in [-0.1, -0.05) is 0 Å². The van der Waals surface area contributed by atoms with E-state index in [2.05, 4.69) is 10.1 Å². The van der Waals surface area contributed by atoms with E-state index in [-0.39, 0.29) is 16.9 Å². The summed E-state index contributed by atoms with van der Waals surface area (Å²) in [5.41, 5.74) is 5.00. The Hall–Kier alpha value is -1.82. The van der Waals surface area contributed by atoms with E-state index >= 15 is 0 Å². The highest BCUT2D eigenvalue weighted by molar-refractivity contribution is 5.71. The topological polar surface area (TPSA) is 167 Å². The molecule has 3 rings (SSSR count). The van der Waals surface area contributed by atoms with Crippen LogP contribution in [-0.2, 0) is 4.74 Å². The number of anilines is 1. The highest BCUT2D eigenvalue weighted by Crippen LogP contribution is 2.43. The first-order valence-electron chi connectivity index (χ1n) is 7.40. The van der Waals surface area contributed by atoms with E-state index in [1.165, 1.54) is 23.8 Å². The smallest absolute Gasteiger partial charge is 0.151 e. The number of nitrogens with zero attached hydrogens (tertiary/aromatic N) is 3. The molecule has 0 amide bonds. The molecule has 1 unspecified atom stereocenters. The maximum Gasteiger partial charge on any atom is 0.151 e. The molecule has 132 valence electrons. The molecule has 0 aliphatic carbocycles. The summed E-state index contributed by atoms with van der Waals surface area (Å²) in [6.45, 7) is 0.363. The second-order valence-electron chi connectivity index (χ2n) is 6.04. The van der Waals surface area contributed by atoms with Crippen LogP contribution in [0, 0.1) is 0 Å². The van der Waals surface area contributed by atoms with Crippen LogP contribution in [0.5, 0.6) is 0 Å². The highest BCUT2D eigenvalue weighted by Gasteiger charge is 2.53. The van der Waals surface area contributed by atoms with Crippen LogP contribution in [0.25, 0.3) is 5.52 Å². The molecule has 1 aliphatic heterocycles. The van der Waals surface area contributed by atoms with Crippen molar-refractivity contribution in [3.8, 4) is 0 Å². The minimum atomic E-state index is -1.71. The Kier molecular flexibility index (Phi) is 4.20. The zero-order valence-electron chi connectivity index (χ0n) is 12.9. The van der Waals surface area contributed by atoms with Crippen LogP contribution in [-0.4, -0.2) is 71.2 Å². The quantitative estimate of drug-likeness (QED) is 0.365. The monoisotopic (exact) mass is 340 g/mol.